The summed E-state index contributed by atoms with van der Waals surface area (Å²) in [5.74, 6) is -1.83. The molecular weight excluding hydrogens is 284 g/mol. The molecule has 0 fully saturated rings. The predicted molar refractivity (Wildman–Crippen MR) is 80.8 cm³/mol. The number of ether oxygens (including phenoxy) is 1. The molecule has 0 unspecified atom stereocenters. The van der Waals surface area contributed by atoms with E-state index in [-0.39, 0.29) is 11.1 Å². The second kappa shape index (κ2) is 6.76. The van der Waals surface area contributed by atoms with Gasteiger partial charge in [0.05, 0.1) is 17.7 Å². The molecule has 0 atom stereocenters. The van der Waals surface area contributed by atoms with Crippen LogP contribution in [0.1, 0.15) is 38.8 Å². The van der Waals surface area contributed by atoms with Crippen LogP contribution < -0.4 is 4.74 Å². The molecule has 2 aromatic carbocycles. The molecule has 0 amide bonds. The summed E-state index contributed by atoms with van der Waals surface area (Å²) in [4.78, 5) is 22.7. The zero-order valence-electron chi connectivity index (χ0n) is 12.1. The summed E-state index contributed by atoms with van der Waals surface area (Å²) in [5, 5.41) is 18.5. The van der Waals surface area contributed by atoms with Crippen molar-refractivity contribution in [2.24, 2.45) is 0 Å². The lowest BCUT2D eigenvalue weighted by Gasteiger charge is -2.12. The van der Waals surface area contributed by atoms with E-state index >= 15 is 0 Å². The Kier molecular flexibility index (Phi) is 4.78. The first-order chi connectivity index (χ1) is 10.5. The molecule has 0 saturated carbocycles. The maximum Gasteiger partial charge on any atom is 0.336 e. The van der Waals surface area contributed by atoms with Crippen LogP contribution in [0, 0.1) is 0 Å². The number of aromatic carboxylic acids is 2. The Bertz CT molecular complexity index is 706. The van der Waals surface area contributed by atoms with Crippen molar-refractivity contribution >= 4 is 11.9 Å². The minimum Gasteiger partial charge on any atom is -0.494 e. The van der Waals surface area contributed by atoms with Crippen LogP contribution in [0.4, 0.5) is 0 Å². The van der Waals surface area contributed by atoms with E-state index in [9.17, 15) is 14.7 Å². The third-order valence-electron chi connectivity index (χ3n) is 3.25. The first kappa shape index (κ1) is 15.6. The highest BCUT2D eigenvalue weighted by atomic mass is 16.5. The van der Waals surface area contributed by atoms with Crippen LogP contribution in [-0.4, -0.2) is 28.8 Å². The summed E-state index contributed by atoms with van der Waals surface area (Å²) in [6, 6.07) is 11.8. The third-order valence-corrected chi connectivity index (χ3v) is 3.25. The molecule has 0 bridgehead atoms. The maximum absolute atomic E-state index is 11.5. The zero-order valence-corrected chi connectivity index (χ0v) is 12.1. The lowest BCUT2D eigenvalue weighted by atomic mass is 9.95. The first-order valence-electron chi connectivity index (χ1n) is 6.83. The van der Waals surface area contributed by atoms with Gasteiger partial charge in [0.2, 0.25) is 0 Å². The zero-order chi connectivity index (χ0) is 16.1. The average Bonchev–Trinajstić information content (AvgIpc) is 2.49. The van der Waals surface area contributed by atoms with Gasteiger partial charge >= 0.3 is 11.9 Å². The normalized spacial score (nSPS) is 10.2. The molecule has 0 saturated heterocycles. The van der Waals surface area contributed by atoms with Crippen molar-refractivity contribution in [3.05, 3.63) is 64.7 Å². The van der Waals surface area contributed by atoms with Gasteiger partial charge in [-0.05, 0) is 30.2 Å². The molecule has 0 heterocycles. The molecule has 2 aromatic rings. The topological polar surface area (TPSA) is 83.8 Å². The molecule has 0 aromatic heterocycles. The molecule has 0 spiro atoms. The van der Waals surface area contributed by atoms with Gasteiger partial charge in [-0.15, -0.1) is 0 Å². The molecule has 22 heavy (non-hydrogen) atoms. The second-order valence-electron chi connectivity index (χ2n) is 4.67. The summed E-state index contributed by atoms with van der Waals surface area (Å²) in [6.45, 7) is 2.36. The highest BCUT2D eigenvalue weighted by Crippen LogP contribution is 2.24. The van der Waals surface area contributed by atoms with E-state index in [4.69, 9.17) is 9.84 Å². The Labute approximate surface area is 127 Å². The Balaban J connectivity index is 2.48. The molecule has 5 nitrogen and oxygen atoms in total. The fraction of sp³-hybridized carbons (Fsp3) is 0.176. The van der Waals surface area contributed by atoms with Gasteiger partial charge in [-0.3, -0.25) is 0 Å². The molecule has 0 aliphatic rings. The number of rotatable bonds is 6. The average molecular weight is 300 g/mol. The Morgan fingerprint density at radius 1 is 0.955 bits per heavy atom. The van der Waals surface area contributed by atoms with Gasteiger partial charge in [0.15, 0.2) is 0 Å². The van der Waals surface area contributed by atoms with Crippen LogP contribution in [0.3, 0.4) is 0 Å². The smallest absolute Gasteiger partial charge is 0.336 e. The number of carbonyl (C=O) groups is 2. The molecule has 0 radical (unpaired) electrons. The minimum absolute atomic E-state index is 0.179. The highest BCUT2D eigenvalue weighted by molar-refractivity contribution is 6.02. The van der Waals surface area contributed by atoms with Gasteiger partial charge in [0.1, 0.15) is 5.75 Å². The van der Waals surface area contributed by atoms with E-state index < -0.39 is 11.9 Å². The van der Waals surface area contributed by atoms with Crippen molar-refractivity contribution in [3.8, 4) is 5.75 Å². The SMILES string of the molecule is CCOc1ccccc1Cc1cccc(C(=O)O)c1C(=O)O. The van der Waals surface area contributed by atoms with E-state index in [0.717, 1.165) is 5.56 Å². The molecule has 0 aliphatic carbocycles. The molecule has 2 N–H and O–H groups in total. The van der Waals surface area contributed by atoms with E-state index in [0.29, 0.717) is 24.3 Å². The number of para-hydroxylation sites is 1. The summed E-state index contributed by atoms with van der Waals surface area (Å²) in [5.41, 5.74) is 0.870. The summed E-state index contributed by atoms with van der Waals surface area (Å²) >= 11 is 0. The van der Waals surface area contributed by atoms with E-state index in [1.165, 1.54) is 6.07 Å². The summed E-state index contributed by atoms with van der Waals surface area (Å²) < 4.78 is 5.52. The van der Waals surface area contributed by atoms with Crippen molar-refractivity contribution in [1.82, 2.24) is 0 Å². The van der Waals surface area contributed by atoms with Crippen LogP contribution in [0.5, 0.6) is 5.75 Å². The highest BCUT2D eigenvalue weighted by Gasteiger charge is 2.20. The van der Waals surface area contributed by atoms with Crippen LogP contribution in [-0.2, 0) is 6.42 Å². The fourth-order valence-electron chi connectivity index (χ4n) is 2.33. The minimum atomic E-state index is -1.25. The standard InChI is InChI=1S/C17H16O5/c1-2-22-14-9-4-3-6-11(14)10-12-7-5-8-13(16(18)19)15(12)17(20)21/h3-9H,2,10H2,1H3,(H,18,19)(H,20,21). The van der Waals surface area contributed by atoms with Gasteiger partial charge in [0, 0.05) is 6.42 Å². The van der Waals surface area contributed by atoms with Crippen molar-refractivity contribution in [2.75, 3.05) is 6.61 Å². The quantitative estimate of drug-likeness (QED) is 0.856. The lowest BCUT2D eigenvalue weighted by Crippen LogP contribution is -2.12. The van der Waals surface area contributed by atoms with Crippen molar-refractivity contribution in [2.45, 2.75) is 13.3 Å². The Morgan fingerprint density at radius 2 is 1.64 bits per heavy atom. The van der Waals surface area contributed by atoms with Crippen LogP contribution in [0.25, 0.3) is 0 Å². The van der Waals surface area contributed by atoms with Crippen LogP contribution >= 0.6 is 0 Å². The Morgan fingerprint density at radius 3 is 2.27 bits per heavy atom. The second-order valence-corrected chi connectivity index (χ2v) is 4.67. The first-order valence-corrected chi connectivity index (χ1v) is 6.83. The lowest BCUT2D eigenvalue weighted by molar-refractivity contribution is 0.0650. The van der Waals surface area contributed by atoms with Gasteiger partial charge < -0.3 is 14.9 Å². The molecule has 114 valence electrons. The number of benzene rings is 2. The maximum atomic E-state index is 11.5. The van der Waals surface area contributed by atoms with Crippen molar-refractivity contribution < 1.29 is 24.5 Å². The third kappa shape index (κ3) is 3.25. The number of carboxylic acid groups (broad SMARTS) is 2. The molecular formula is C17H16O5. The number of hydrogen-bond donors (Lipinski definition) is 2. The van der Waals surface area contributed by atoms with E-state index in [1.54, 1.807) is 18.2 Å². The van der Waals surface area contributed by atoms with E-state index in [2.05, 4.69) is 0 Å². The van der Waals surface area contributed by atoms with Gasteiger partial charge in [-0.1, -0.05) is 30.3 Å². The monoisotopic (exact) mass is 300 g/mol. The summed E-state index contributed by atoms with van der Waals surface area (Å²) in [6.07, 6.45) is 0.291. The largest absolute Gasteiger partial charge is 0.494 e. The fourth-order valence-corrected chi connectivity index (χ4v) is 2.33. The van der Waals surface area contributed by atoms with Gasteiger partial charge in [-0.25, -0.2) is 9.59 Å². The van der Waals surface area contributed by atoms with Gasteiger partial charge in [-0.2, -0.15) is 0 Å². The predicted octanol–water partition coefficient (Wildman–Crippen LogP) is 3.07. The van der Waals surface area contributed by atoms with Crippen molar-refractivity contribution in [1.29, 1.82) is 0 Å². The number of hydrogen-bond acceptors (Lipinski definition) is 3. The van der Waals surface area contributed by atoms with Crippen LogP contribution in [0.2, 0.25) is 0 Å². The van der Waals surface area contributed by atoms with Crippen molar-refractivity contribution in [3.63, 3.8) is 0 Å². The number of carboxylic acids is 2. The van der Waals surface area contributed by atoms with E-state index in [1.807, 2.05) is 25.1 Å². The molecule has 2 rings (SSSR count). The Hall–Kier alpha value is -2.82. The molecule has 5 heteroatoms. The summed E-state index contributed by atoms with van der Waals surface area (Å²) in [7, 11) is 0. The molecule has 0 aliphatic heterocycles. The van der Waals surface area contributed by atoms with Crippen LogP contribution in [0.15, 0.2) is 42.5 Å². The van der Waals surface area contributed by atoms with Gasteiger partial charge in [0.25, 0.3) is 0 Å².